The minimum Gasteiger partial charge on any atom is -0.360 e. The van der Waals surface area contributed by atoms with Crippen molar-refractivity contribution in [1.82, 2.24) is 14.8 Å². The van der Waals surface area contributed by atoms with E-state index in [0.717, 1.165) is 24.8 Å². The predicted molar refractivity (Wildman–Crippen MR) is 96.2 cm³/mol. The predicted octanol–water partition coefficient (Wildman–Crippen LogP) is 2.48. The Balaban J connectivity index is 1.56. The zero-order chi connectivity index (χ0) is 18.6. The van der Waals surface area contributed by atoms with Gasteiger partial charge in [0.1, 0.15) is 5.76 Å². The van der Waals surface area contributed by atoms with E-state index < -0.39 is 16.1 Å². The lowest BCUT2D eigenvalue weighted by Crippen LogP contribution is -2.35. The summed E-state index contributed by atoms with van der Waals surface area (Å²) < 4.78 is 31.6. The number of nitrogens with one attached hydrogen (secondary N) is 2. The Morgan fingerprint density at radius 2 is 1.88 bits per heavy atom. The van der Waals surface area contributed by atoms with E-state index in [9.17, 15) is 13.2 Å². The van der Waals surface area contributed by atoms with Gasteiger partial charge in [-0.1, -0.05) is 23.7 Å². The van der Waals surface area contributed by atoms with Gasteiger partial charge in [0, 0.05) is 25.7 Å². The summed E-state index contributed by atoms with van der Waals surface area (Å²) in [4.78, 5) is 12.1. The first kappa shape index (κ1) is 18.4. The van der Waals surface area contributed by atoms with Crippen LogP contribution >= 0.6 is 0 Å². The number of sulfonamides is 1. The number of aromatic nitrogens is 1. The Morgan fingerprint density at radius 3 is 2.50 bits per heavy atom. The monoisotopic (exact) mass is 378 g/mol. The van der Waals surface area contributed by atoms with Gasteiger partial charge in [-0.2, -0.15) is 4.31 Å². The molecule has 9 heteroatoms. The van der Waals surface area contributed by atoms with Crippen LogP contribution in [0.2, 0.25) is 0 Å². The van der Waals surface area contributed by atoms with E-state index in [1.165, 1.54) is 4.31 Å². The summed E-state index contributed by atoms with van der Waals surface area (Å²) >= 11 is 0. The van der Waals surface area contributed by atoms with Gasteiger partial charge in [-0.15, -0.1) is 0 Å². The molecular formula is C17H22N4O4S. The third kappa shape index (κ3) is 4.41. The molecule has 0 bridgehead atoms. The van der Waals surface area contributed by atoms with E-state index in [0.29, 0.717) is 24.7 Å². The molecule has 1 aromatic heterocycles. The highest BCUT2D eigenvalue weighted by atomic mass is 32.2. The second kappa shape index (κ2) is 7.88. The molecule has 2 amide bonds. The van der Waals surface area contributed by atoms with Gasteiger partial charge in [-0.05, 0) is 37.5 Å². The van der Waals surface area contributed by atoms with E-state index in [1.807, 2.05) is 0 Å². The van der Waals surface area contributed by atoms with Crippen LogP contribution in [0.5, 0.6) is 0 Å². The van der Waals surface area contributed by atoms with Crippen molar-refractivity contribution in [3.8, 4) is 0 Å². The van der Waals surface area contributed by atoms with Gasteiger partial charge in [-0.3, -0.25) is 5.32 Å². The topological polar surface area (TPSA) is 105 Å². The van der Waals surface area contributed by atoms with Gasteiger partial charge < -0.3 is 9.84 Å². The quantitative estimate of drug-likeness (QED) is 0.832. The lowest BCUT2D eigenvalue weighted by atomic mass is 10.2. The molecule has 1 fully saturated rings. The fraction of sp³-hybridized carbons (Fsp3) is 0.412. The molecule has 0 unspecified atom stereocenters. The van der Waals surface area contributed by atoms with Crippen molar-refractivity contribution in [2.75, 3.05) is 18.4 Å². The molecule has 26 heavy (non-hydrogen) atoms. The van der Waals surface area contributed by atoms with E-state index in [4.69, 9.17) is 4.52 Å². The van der Waals surface area contributed by atoms with Crippen molar-refractivity contribution in [3.05, 3.63) is 41.7 Å². The summed E-state index contributed by atoms with van der Waals surface area (Å²) in [6.07, 6.45) is 2.88. The minimum atomic E-state index is -3.43. The van der Waals surface area contributed by atoms with Crippen LogP contribution in [0.1, 0.15) is 30.6 Å². The van der Waals surface area contributed by atoms with Crippen LogP contribution in [0.4, 0.5) is 10.6 Å². The standard InChI is InChI=1S/C17H22N4O4S/c1-13-11-16(20-25-13)19-17(22)18-12-14-5-7-15(8-6-14)26(23,24)21-9-3-2-4-10-21/h5-8,11H,2-4,9-10,12H2,1H3,(H2,18,19,20,22). The van der Waals surface area contributed by atoms with E-state index in [-0.39, 0.29) is 11.4 Å². The van der Waals surface area contributed by atoms with Crippen LogP contribution in [0.3, 0.4) is 0 Å². The van der Waals surface area contributed by atoms with Crippen LogP contribution in [0.25, 0.3) is 0 Å². The lowest BCUT2D eigenvalue weighted by molar-refractivity contribution is 0.251. The first-order valence-electron chi connectivity index (χ1n) is 8.52. The zero-order valence-electron chi connectivity index (χ0n) is 14.6. The molecule has 1 aliphatic rings. The SMILES string of the molecule is Cc1cc(NC(=O)NCc2ccc(S(=O)(=O)N3CCCCC3)cc2)no1. The number of hydrogen-bond donors (Lipinski definition) is 2. The smallest absolute Gasteiger partial charge is 0.320 e. The Morgan fingerprint density at radius 1 is 1.19 bits per heavy atom. The number of piperidine rings is 1. The van der Waals surface area contributed by atoms with Crippen molar-refractivity contribution in [2.24, 2.45) is 0 Å². The highest BCUT2D eigenvalue weighted by molar-refractivity contribution is 7.89. The average Bonchev–Trinajstić information content (AvgIpc) is 3.06. The van der Waals surface area contributed by atoms with Gasteiger partial charge in [0.05, 0.1) is 4.90 Å². The van der Waals surface area contributed by atoms with Crippen LogP contribution in [-0.4, -0.2) is 37.0 Å². The molecule has 2 heterocycles. The number of aryl methyl sites for hydroxylation is 1. The molecule has 1 saturated heterocycles. The third-order valence-electron chi connectivity index (χ3n) is 4.20. The summed E-state index contributed by atoms with van der Waals surface area (Å²) in [5.74, 6) is 0.939. The average molecular weight is 378 g/mol. The van der Waals surface area contributed by atoms with Crippen LogP contribution in [0, 0.1) is 6.92 Å². The molecule has 3 rings (SSSR count). The Kier molecular flexibility index (Phi) is 5.58. The normalized spacial score (nSPS) is 15.6. The molecule has 0 atom stereocenters. The maximum Gasteiger partial charge on any atom is 0.320 e. The number of nitrogens with zero attached hydrogens (tertiary/aromatic N) is 2. The number of anilines is 1. The van der Waals surface area contributed by atoms with Crippen molar-refractivity contribution < 1.29 is 17.7 Å². The number of benzene rings is 1. The summed E-state index contributed by atoms with van der Waals surface area (Å²) in [5.41, 5.74) is 0.800. The van der Waals surface area contributed by atoms with Crippen molar-refractivity contribution in [3.63, 3.8) is 0 Å². The molecule has 8 nitrogen and oxygen atoms in total. The molecular weight excluding hydrogens is 356 g/mol. The summed E-state index contributed by atoms with van der Waals surface area (Å²) in [5, 5.41) is 8.92. The van der Waals surface area contributed by atoms with Gasteiger partial charge in [0.25, 0.3) is 0 Å². The Labute approximate surface area is 152 Å². The fourth-order valence-corrected chi connectivity index (χ4v) is 4.32. The fourth-order valence-electron chi connectivity index (χ4n) is 2.80. The summed E-state index contributed by atoms with van der Waals surface area (Å²) in [6, 6.07) is 7.78. The third-order valence-corrected chi connectivity index (χ3v) is 6.11. The summed E-state index contributed by atoms with van der Waals surface area (Å²) in [6.45, 7) is 3.16. The molecule has 0 spiro atoms. The lowest BCUT2D eigenvalue weighted by Gasteiger charge is -2.25. The number of carbonyl (C=O) groups is 1. The van der Waals surface area contributed by atoms with E-state index >= 15 is 0 Å². The van der Waals surface area contributed by atoms with Crippen molar-refractivity contribution in [2.45, 2.75) is 37.6 Å². The van der Waals surface area contributed by atoms with Crippen LogP contribution in [0.15, 0.2) is 39.8 Å². The molecule has 1 aliphatic heterocycles. The number of amides is 2. The van der Waals surface area contributed by atoms with Gasteiger partial charge in [0.2, 0.25) is 10.0 Å². The van der Waals surface area contributed by atoms with Crippen molar-refractivity contribution in [1.29, 1.82) is 0 Å². The second-order valence-electron chi connectivity index (χ2n) is 6.24. The highest BCUT2D eigenvalue weighted by Crippen LogP contribution is 2.20. The molecule has 140 valence electrons. The molecule has 2 N–H and O–H groups in total. The number of urea groups is 1. The molecule has 2 aromatic rings. The summed E-state index contributed by atoms with van der Waals surface area (Å²) in [7, 11) is -3.43. The molecule has 0 aliphatic carbocycles. The van der Waals surface area contributed by atoms with E-state index in [2.05, 4.69) is 15.8 Å². The number of hydrogen-bond acceptors (Lipinski definition) is 5. The number of rotatable bonds is 5. The first-order valence-corrected chi connectivity index (χ1v) is 9.96. The Bertz CT molecular complexity index is 855. The first-order chi connectivity index (χ1) is 12.4. The second-order valence-corrected chi connectivity index (χ2v) is 8.18. The molecule has 1 aromatic carbocycles. The highest BCUT2D eigenvalue weighted by Gasteiger charge is 2.25. The van der Waals surface area contributed by atoms with Crippen LogP contribution < -0.4 is 10.6 Å². The zero-order valence-corrected chi connectivity index (χ0v) is 15.4. The molecule has 0 saturated carbocycles. The van der Waals surface area contributed by atoms with Crippen LogP contribution in [-0.2, 0) is 16.6 Å². The van der Waals surface area contributed by atoms with Gasteiger partial charge in [0.15, 0.2) is 5.82 Å². The molecule has 0 radical (unpaired) electrons. The van der Waals surface area contributed by atoms with Gasteiger partial charge in [-0.25, -0.2) is 13.2 Å². The number of carbonyl (C=O) groups excluding carboxylic acids is 1. The minimum absolute atomic E-state index is 0.271. The van der Waals surface area contributed by atoms with Gasteiger partial charge >= 0.3 is 6.03 Å². The van der Waals surface area contributed by atoms with E-state index in [1.54, 1.807) is 37.3 Å². The largest absolute Gasteiger partial charge is 0.360 e. The Hall–Kier alpha value is -2.39. The maximum atomic E-state index is 12.6. The van der Waals surface area contributed by atoms with Crippen molar-refractivity contribution >= 4 is 21.9 Å². The maximum absolute atomic E-state index is 12.6.